The first kappa shape index (κ1) is 20.0. The van der Waals surface area contributed by atoms with E-state index in [2.05, 4.69) is 5.92 Å². The molecule has 0 amide bonds. The molecule has 0 radical (unpaired) electrons. The molecule has 0 aliphatic carbocycles. The standard InChI is InChI=1S/C18H22F4O2Si/c1-5-8-11(24-12-9-6-7-10-23-12)13-14(19)16(21)18(25(2,3)4)17(22)15(13)20/h1,11-12H,6-10H2,2-4H3. The summed E-state index contributed by atoms with van der Waals surface area (Å²) in [7, 11) is -2.64. The van der Waals surface area contributed by atoms with Gasteiger partial charge in [-0.15, -0.1) is 12.3 Å². The second kappa shape index (κ2) is 7.90. The third kappa shape index (κ3) is 4.25. The van der Waals surface area contributed by atoms with Crippen molar-refractivity contribution in [3.63, 3.8) is 0 Å². The highest BCUT2D eigenvalue weighted by Gasteiger charge is 2.36. The minimum absolute atomic E-state index is 0.223. The van der Waals surface area contributed by atoms with Crippen molar-refractivity contribution in [1.29, 1.82) is 0 Å². The molecule has 1 fully saturated rings. The van der Waals surface area contributed by atoms with Crippen LogP contribution in [0.4, 0.5) is 17.6 Å². The number of hydrogen-bond donors (Lipinski definition) is 0. The number of halogens is 4. The number of terminal acetylenes is 1. The molecule has 1 saturated heterocycles. The van der Waals surface area contributed by atoms with Crippen molar-refractivity contribution in [1.82, 2.24) is 0 Å². The van der Waals surface area contributed by atoms with Crippen molar-refractivity contribution in [3.05, 3.63) is 28.8 Å². The van der Waals surface area contributed by atoms with Gasteiger partial charge in [0, 0.05) is 18.2 Å². The van der Waals surface area contributed by atoms with Gasteiger partial charge in [-0.2, -0.15) is 0 Å². The lowest BCUT2D eigenvalue weighted by Gasteiger charge is -2.28. The molecule has 2 rings (SSSR count). The van der Waals surface area contributed by atoms with Crippen molar-refractivity contribution in [2.45, 2.75) is 57.7 Å². The van der Waals surface area contributed by atoms with Crippen LogP contribution in [0.5, 0.6) is 0 Å². The minimum atomic E-state index is -2.64. The molecule has 1 aliphatic rings. The van der Waals surface area contributed by atoms with Gasteiger partial charge in [-0.1, -0.05) is 19.6 Å². The normalized spacial score (nSPS) is 19.5. The summed E-state index contributed by atoms with van der Waals surface area (Å²) in [5.74, 6) is -3.35. The minimum Gasteiger partial charge on any atom is -0.353 e. The molecule has 2 unspecified atom stereocenters. The Kier molecular flexibility index (Phi) is 6.30. The third-order valence-electron chi connectivity index (χ3n) is 4.13. The number of rotatable bonds is 5. The highest BCUT2D eigenvalue weighted by atomic mass is 28.3. The van der Waals surface area contributed by atoms with Crippen LogP contribution < -0.4 is 5.19 Å². The molecule has 1 aliphatic heterocycles. The van der Waals surface area contributed by atoms with Gasteiger partial charge in [-0.3, -0.25) is 0 Å². The molecule has 0 bridgehead atoms. The highest BCUT2D eigenvalue weighted by molar-refractivity contribution is 6.88. The van der Waals surface area contributed by atoms with Gasteiger partial charge in [-0.05, 0) is 19.3 Å². The molecule has 1 aromatic carbocycles. The van der Waals surface area contributed by atoms with Crippen LogP contribution >= 0.6 is 0 Å². The lowest BCUT2D eigenvalue weighted by molar-refractivity contribution is -0.190. The SMILES string of the molecule is C#CCC(OC1CCCCO1)c1c(F)c(F)c([Si](C)(C)C)c(F)c1F. The first-order chi connectivity index (χ1) is 11.7. The highest BCUT2D eigenvalue weighted by Crippen LogP contribution is 2.32. The van der Waals surface area contributed by atoms with Gasteiger partial charge in [0.2, 0.25) is 0 Å². The number of hydrogen-bond acceptors (Lipinski definition) is 2. The lowest BCUT2D eigenvalue weighted by Crippen LogP contribution is -2.44. The molecular weight excluding hydrogens is 352 g/mol. The summed E-state index contributed by atoms with van der Waals surface area (Å²) >= 11 is 0. The van der Waals surface area contributed by atoms with E-state index >= 15 is 0 Å². The van der Waals surface area contributed by atoms with Gasteiger partial charge in [0.15, 0.2) is 29.6 Å². The first-order valence-electron chi connectivity index (χ1n) is 8.25. The van der Waals surface area contributed by atoms with E-state index in [0.717, 1.165) is 12.8 Å². The predicted molar refractivity (Wildman–Crippen MR) is 90.1 cm³/mol. The fourth-order valence-electron chi connectivity index (χ4n) is 2.92. The second-order valence-corrected chi connectivity index (χ2v) is 12.1. The quantitative estimate of drug-likeness (QED) is 0.329. The summed E-state index contributed by atoms with van der Waals surface area (Å²) in [6.07, 6.45) is 5.23. The Hall–Kier alpha value is -1.36. The van der Waals surface area contributed by atoms with E-state index < -0.39 is 54.5 Å². The smallest absolute Gasteiger partial charge is 0.167 e. The molecule has 2 atom stereocenters. The molecular formula is C18H22F4O2Si. The Morgan fingerprint density at radius 1 is 1.12 bits per heavy atom. The summed E-state index contributed by atoms with van der Waals surface area (Å²) in [6.45, 7) is 5.28. The maximum absolute atomic E-state index is 14.6. The summed E-state index contributed by atoms with van der Waals surface area (Å²) in [5.41, 5.74) is -0.802. The van der Waals surface area contributed by atoms with Gasteiger partial charge < -0.3 is 9.47 Å². The molecule has 2 nitrogen and oxygen atoms in total. The fourth-order valence-corrected chi connectivity index (χ4v) is 4.45. The van der Waals surface area contributed by atoms with Crippen LogP contribution in [0, 0.1) is 35.6 Å². The van der Waals surface area contributed by atoms with Crippen molar-refractivity contribution >= 4 is 13.3 Å². The van der Waals surface area contributed by atoms with Crippen molar-refractivity contribution in [2.24, 2.45) is 0 Å². The van der Waals surface area contributed by atoms with E-state index in [9.17, 15) is 17.6 Å². The van der Waals surface area contributed by atoms with Crippen LogP contribution in [0.1, 0.15) is 37.4 Å². The van der Waals surface area contributed by atoms with Crippen LogP contribution in [0.25, 0.3) is 0 Å². The van der Waals surface area contributed by atoms with Gasteiger partial charge in [-0.25, -0.2) is 17.6 Å². The topological polar surface area (TPSA) is 18.5 Å². The zero-order valence-electron chi connectivity index (χ0n) is 14.6. The van der Waals surface area contributed by atoms with Crippen LogP contribution in [0.15, 0.2) is 0 Å². The molecule has 25 heavy (non-hydrogen) atoms. The molecule has 1 aromatic rings. The van der Waals surface area contributed by atoms with Crippen molar-refractivity contribution in [2.75, 3.05) is 6.61 Å². The number of benzene rings is 1. The van der Waals surface area contributed by atoms with Crippen LogP contribution in [-0.2, 0) is 9.47 Å². The Labute approximate surface area is 146 Å². The van der Waals surface area contributed by atoms with E-state index in [1.807, 2.05) is 0 Å². The zero-order valence-corrected chi connectivity index (χ0v) is 15.6. The Morgan fingerprint density at radius 2 is 1.72 bits per heavy atom. The second-order valence-electron chi connectivity index (χ2n) is 7.12. The summed E-state index contributed by atoms with van der Waals surface area (Å²) in [4.78, 5) is 0. The average molecular weight is 374 g/mol. The average Bonchev–Trinajstić information content (AvgIpc) is 2.53. The lowest BCUT2D eigenvalue weighted by atomic mass is 10.0. The molecule has 138 valence electrons. The Morgan fingerprint density at radius 3 is 2.16 bits per heavy atom. The van der Waals surface area contributed by atoms with Crippen LogP contribution in [-0.4, -0.2) is 21.0 Å². The van der Waals surface area contributed by atoms with Crippen molar-refractivity contribution in [3.8, 4) is 12.3 Å². The predicted octanol–water partition coefficient (Wildman–Crippen LogP) is 4.40. The Bertz CT molecular complexity index is 644. The molecule has 0 aromatic heterocycles. The Balaban J connectivity index is 2.49. The molecule has 7 heteroatoms. The largest absolute Gasteiger partial charge is 0.353 e. The maximum Gasteiger partial charge on any atom is 0.167 e. The monoisotopic (exact) mass is 374 g/mol. The van der Waals surface area contributed by atoms with Gasteiger partial charge in [0.1, 0.15) is 6.10 Å². The molecule has 0 saturated carbocycles. The molecule has 0 N–H and O–H groups in total. The summed E-state index contributed by atoms with van der Waals surface area (Å²) in [6, 6.07) is 0. The first-order valence-corrected chi connectivity index (χ1v) is 11.7. The van der Waals surface area contributed by atoms with E-state index in [1.165, 1.54) is 0 Å². The van der Waals surface area contributed by atoms with Gasteiger partial charge in [0.25, 0.3) is 0 Å². The van der Waals surface area contributed by atoms with Crippen LogP contribution in [0.2, 0.25) is 19.6 Å². The number of ether oxygens (including phenoxy) is 2. The summed E-state index contributed by atoms with van der Waals surface area (Å²) < 4.78 is 69.1. The van der Waals surface area contributed by atoms with E-state index in [4.69, 9.17) is 15.9 Å². The maximum atomic E-state index is 14.6. The molecule has 0 spiro atoms. The van der Waals surface area contributed by atoms with E-state index in [0.29, 0.717) is 13.0 Å². The summed E-state index contributed by atoms with van der Waals surface area (Å²) in [5, 5.41) is -0.500. The van der Waals surface area contributed by atoms with Gasteiger partial charge >= 0.3 is 0 Å². The van der Waals surface area contributed by atoms with Crippen LogP contribution in [0.3, 0.4) is 0 Å². The molecule has 1 heterocycles. The van der Waals surface area contributed by atoms with E-state index in [1.54, 1.807) is 19.6 Å². The zero-order chi connectivity index (χ0) is 18.8. The van der Waals surface area contributed by atoms with Gasteiger partial charge in [0.05, 0.1) is 13.6 Å². The van der Waals surface area contributed by atoms with E-state index in [-0.39, 0.29) is 6.42 Å². The third-order valence-corrected chi connectivity index (χ3v) is 6.07. The fraction of sp³-hybridized carbons (Fsp3) is 0.556. The van der Waals surface area contributed by atoms with Crippen molar-refractivity contribution < 1.29 is 27.0 Å².